The number of hydrogen-bond acceptors (Lipinski definition) is 3. The summed E-state index contributed by atoms with van der Waals surface area (Å²) in [6.45, 7) is 3.13. The first-order chi connectivity index (χ1) is 9.42. The van der Waals surface area contributed by atoms with Crippen molar-refractivity contribution in [1.29, 1.82) is 0 Å². The van der Waals surface area contributed by atoms with Gasteiger partial charge in [-0.05, 0) is 74.9 Å². The van der Waals surface area contributed by atoms with Crippen molar-refractivity contribution in [3.63, 3.8) is 0 Å². The first-order valence-electron chi connectivity index (χ1n) is 6.70. The number of alkyl halides is 3. The van der Waals surface area contributed by atoms with Gasteiger partial charge in [0.15, 0.2) is 0 Å². The second kappa shape index (κ2) is 6.72. The molecule has 0 amide bonds. The summed E-state index contributed by atoms with van der Waals surface area (Å²) in [5.74, 6) is 0.649. The second-order valence-corrected chi connectivity index (χ2v) is 6.34. The van der Waals surface area contributed by atoms with Gasteiger partial charge in [0.2, 0.25) is 0 Å². The molecule has 0 aromatic heterocycles. The monoisotopic (exact) mass is 304 g/mol. The number of rotatable bonds is 4. The summed E-state index contributed by atoms with van der Waals surface area (Å²) in [4.78, 5) is 2.54. The summed E-state index contributed by atoms with van der Waals surface area (Å²) >= 11 is -0.0775. The van der Waals surface area contributed by atoms with Crippen molar-refractivity contribution in [2.45, 2.75) is 23.2 Å². The molecule has 1 heterocycles. The predicted octanol–water partition coefficient (Wildman–Crippen LogP) is 4.05. The molecule has 20 heavy (non-hydrogen) atoms. The Labute approximate surface area is 121 Å². The molecule has 1 aromatic rings. The fourth-order valence-electron chi connectivity index (χ4n) is 2.30. The molecule has 0 radical (unpaired) electrons. The number of benzene rings is 1. The maximum atomic E-state index is 12.2. The molecule has 0 spiro atoms. The normalized spacial score (nSPS) is 18.2. The molecule has 0 aliphatic carbocycles. The minimum absolute atomic E-state index is 0.0775. The average molecular weight is 304 g/mol. The van der Waals surface area contributed by atoms with Crippen molar-refractivity contribution in [1.82, 2.24) is 4.90 Å². The Kier molecular flexibility index (Phi) is 5.21. The third-order valence-corrected chi connectivity index (χ3v) is 4.26. The summed E-state index contributed by atoms with van der Waals surface area (Å²) in [5, 5.41) is 3.31. The number of nitrogens with one attached hydrogen (secondary N) is 1. The van der Waals surface area contributed by atoms with Gasteiger partial charge in [0, 0.05) is 17.1 Å². The number of thioether (sulfide) groups is 1. The highest BCUT2D eigenvalue weighted by molar-refractivity contribution is 8.00. The van der Waals surface area contributed by atoms with Crippen molar-refractivity contribution in [2.75, 3.05) is 32.0 Å². The van der Waals surface area contributed by atoms with Crippen LogP contribution in [0, 0.1) is 5.92 Å². The van der Waals surface area contributed by atoms with Crippen LogP contribution in [0.5, 0.6) is 0 Å². The van der Waals surface area contributed by atoms with Crippen molar-refractivity contribution in [2.24, 2.45) is 5.92 Å². The molecule has 1 aromatic carbocycles. The minimum Gasteiger partial charge on any atom is -0.385 e. The van der Waals surface area contributed by atoms with Crippen LogP contribution in [0.4, 0.5) is 18.9 Å². The molecule has 1 fully saturated rings. The maximum Gasteiger partial charge on any atom is 0.446 e. The van der Waals surface area contributed by atoms with Gasteiger partial charge < -0.3 is 10.2 Å². The number of anilines is 1. The Bertz CT molecular complexity index is 411. The number of hydrogen-bond donors (Lipinski definition) is 1. The van der Waals surface area contributed by atoms with E-state index in [0.717, 1.165) is 25.3 Å². The SMILES string of the molecule is CN1CCC(CNc2ccc(SC(F)(F)F)cc2)CC1. The summed E-state index contributed by atoms with van der Waals surface area (Å²) in [6.07, 6.45) is 2.34. The van der Waals surface area contributed by atoms with Crippen LogP contribution >= 0.6 is 11.8 Å². The van der Waals surface area contributed by atoms with E-state index in [1.807, 2.05) is 0 Å². The summed E-state index contributed by atoms with van der Waals surface area (Å²) in [6, 6.07) is 6.44. The lowest BCUT2D eigenvalue weighted by Crippen LogP contribution is -2.32. The lowest BCUT2D eigenvalue weighted by Gasteiger charge is -2.29. The number of piperidine rings is 1. The molecule has 112 valence electrons. The molecular formula is C14H19F3N2S. The van der Waals surface area contributed by atoms with Crippen molar-refractivity contribution in [3.8, 4) is 0 Å². The molecule has 2 rings (SSSR count). The lowest BCUT2D eigenvalue weighted by atomic mass is 9.97. The van der Waals surface area contributed by atoms with Gasteiger partial charge in [0.25, 0.3) is 0 Å². The number of halogens is 3. The first kappa shape index (κ1) is 15.5. The molecule has 0 unspecified atom stereocenters. The van der Waals surface area contributed by atoms with E-state index >= 15 is 0 Å². The molecule has 1 aliphatic heterocycles. The van der Waals surface area contributed by atoms with E-state index in [4.69, 9.17) is 0 Å². The third-order valence-electron chi connectivity index (χ3n) is 3.52. The van der Waals surface area contributed by atoms with Gasteiger partial charge in [-0.1, -0.05) is 0 Å². The molecule has 1 aliphatic rings. The Hall–Kier alpha value is -0.880. The fraction of sp³-hybridized carbons (Fsp3) is 0.571. The summed E-state index contributed by atoms with van der Waals surface area (Å²) in [5.41, 5.74) is -3.33. The van der Waals surface area contributed by atoms with E-state index in [-0.39, 0.29) is 16.7 Å². The zero-order chi connectivity index (χ0) is 14.6. The van der Waals surface area contributed by atoms with Crippen LogP contribution < -0.4 is 5.32 Å². The standard InChI is InChI=1S/C14H19F3N2S/c1-19-8-6-11(7-9-19)10-18-12-2-4-13(5-3-12)20-14(15,16)17/h2-5,11,18H,6-10H2,1H3. The Morgan fingerprint density at radius 1 is 1.20 bits per heavy atom. The van der Waals surface area contributed by atoms with Crippen LogP contribution in [0.3, 0.4) is 0 Å². The minimum atomic E-state index is -4.22. The van der Waals surface area contributed by atoms with Crippen LogP contribution in [-0.2, 0) is 0 Å². The van der Waals surface area contributed by atoms with E-state index in [1.165, 1.54) is 25.0 Å². The molecule has 0 bridgehead atoms. The largest absolute Gasteiger partial charge is 0.446 e. The van der Waals surface area contributed by atoms with Crippen molar-refractivity contribution >= 4 is 17.4 Å². The van der Waals surface area contributed by atoms with Gasteiger partial charge in [0.1, 0.15) is 0 Å². The van der Waals surface area contributed by atoms with E-state index in [0.29, 0.717) is 5.92 Å². The molecule has 2 nitrogen and oxygen atoms in total. The molecule has 1 saturated heterocycles. The van der Waals surface area contributed by atoms with E-state index in [1.54, 1.807) is 12.1 Å². The number of nitrogens with zero attached hydrogens (tertiary/aromatic N) is 1. The summed E-state index contributed by atoms with van der Waals surface area (Å²) in [7, 11) is 2.13. The zero-order valence-corrected chi connectivity index (χ0v) is 12.2. The fourth-order valence-corrected chi connectivity index (χ4v) is 2.84. The van der Waals surface area contributed by atoms with Crippen molar-refractivity contribution < 1.29 is 13.2 Å². The zero-order valence-electron chi connectivity index (χ0n) is 11.4. The van der Waals surface area contributed by atoms with E-state index in [2.05, 4.69) is 17.3 Å². The highest BCUT2D eigenvalue weighted by Crippen LogP contribution is 2.37. The van der Waals surface area contributed by atoms with Gasteiger partial charge in [-0.25, -0.2) is 0 Å². The molecule has 0 atom stereocenters. The maximum absolute atomic E-state index is 12.2. The molecule has 0 saturated carbocycles. The second-order valence-electron chi connectivity index (χ2n) is 5.20. The molecule has 1 N–H and O–H groups in total. The van der Waals surface area contributed by atoms with Crippen LogP contribution in [0.15, 0.2) is 29.2 Å². The summed E-state index contributed by atoms with van der Waals surface area (Å²) < 4.78 is 36.6. The first-order valence-corrected chi connectivity index (χ1v) is 7.52. The van der Waals surface area contributed by atoms with Crippen LogP contribution in [0.2, 0.25) is 0 Å². The number of likely N-dealkylation sites (tertiary alicyclic amines) is 1. The molecular weight excluding hydrogens is 285 g/mol. The molecule has 6 heteroatoms. The van der Waals surface area contributed by atoms with Crippen LogP contribution in [-0.4, -0.2) is 37.1 Å². The van der Waals surface area contributed by atoms with Crippen LogP contribution in [0.25, 0.3) is 0 Å². The lowest BCUT2D eigenvalue weighted by molar-refractivity contribution is -0.0328. The highest BCUT2D eigenvalue weighted by Gasteiger charge is 2.29. The third kappa shape index (κ3) is 5.25. The topological polar surface area (TPSA) is 15.3 Å². The van der Waals surface area contributed by atoms with Gasteiger partial charge >= 0.3 is 5.51 Å². The van der Waals surface area contributed by atoms with Crippen LogP contribution in [0.1, 0.15) is 12.8 Å². The Morgan fingerprint density at radius 2 is 1.80 bits per heavy atom. The van der Waals surface area contributed by atoms with Crippen molar-refractivity contribution in [3.05, 3.63) is 24.3 Å². The van der Waals surface area contributed by atoms with Gasteiger partial charge in [0.05, 0.1) is 0 Å². The van der Waals surface area contributed by atoms with Gasteiger partial charge in [-0.3, -0.25) is 0 Å². The Balaban J connectivity index is 1.79. The average Bonchev–Trinajstić information content (AvgIpc) is 2.38. The van der Waals surface area contributed by atoms with E-state index in [9.17, 15) is 13.2 Å². The smallest absolute Gasteiger partial charge is 0.385 e. The highest BCUT2D eigenvalue weighted by atomic mass is 32.2. The quantitative estimate of drug-likeness (QED) is 0.845. The van der Waals surface area contributed by atoms with Gasteiger partial charge in [-0.2, -0.15) is 13.2 Å². The van der Waals surface area contributed by atoms with E-state index < -0.39 is 5.51 Å². The van der Waals surface area contributed by atoms with Gasteiger partial charge in [-0.15, -0.1) is 0 Å². The Morgan fingerprint density at radius 3 is 2.35 bits per heavy atom. The predicted molar refractivity (Wildman–Crippen MR) is 77.1 cm³/mol.